The van der Waals surface area contributed by atoms with Crippen LogP contribution in [-0.2, 0) is 23.0 Å². The lowest BCUT2D eigenvalue weighted by atomic mass is 10.2. The molecular weight excluding hydrogens is 418 g/mol. The Labute approximate surface area is 182 Å². The van der Waals surface area contributed by atoms with Crippen molar-refractivity contribution in [2.45, 2.75) is 75.8 Å². The second kappa shape index (κ2) is 8.05. The van der Waals surface area contributed by atoms with E-state index in [0.717, 1.165) is 63.1 Å². The van der Waals surface area contributed by atoms with Gasteiger partial charge in [0.05, 0.1) is 6.04 Å². The predicted octanol–water partition coefficient (Wildman–Crippen LogP) is 2.67. The van der Waals surface area contributed by atoms with Crippen LogP contribution in [0.5, 0.6) is 0 Å². The van der Waals surface area contributed by atoms with Gasteiger partial charge in [0.25, 0.3) is 5.91 Å². The Morgan fingerprint density at radius 2 is 1.81 bits per heavy atom. The summed E-state index contributed by atoms with van der Waals surface area (Å²) in [5.41, 5.74) is 0. The summed E-state index contributed by atoms with van der Waals surface area (Å²) in [5, 5.41) is 8.84. The summed E-state index contributed by atoms with van der Waals surface area (Å²) >= 11 is 0. The van der Waals surface area contributed by atoms with E-state index in [0.29, 0.717) is 19.6 Å². The molecule has 10 heteroatoms. The first-order chi connectivity index (χ1) is 15.0. The summed E-state index contributed by atoms with van der Waals surface area (Å²) in [4.78, 5) is 15.2. The Hall–Kier alpha value is -2.20. The summed E-state index contributed by atoms with van der Waals surface area (Å²) < 4.78 is 35.3. The van der Waals surface area contributed by atoms with Gasteiger partial charge in [-0.15, -0.1) is 10.2 Å². The second-order valence-corrected chi connectivity index (χ2v) is 10.6. The van der Waals surface area contributed by atoms with Gasteiger partial charge in [0, 0.05) is 38.7 Å². The molecule has 9 nitrogen and oxygen atoms in total. The Kier molecular flexibility index (Phi) is 5.37. The first kappa shape index (κ1) is 20.7. The number of carbonyl (C=O) groups excluding carboxylic acids is 1. The maximum Gasteiger partial charge on any atom is 0.290 e. The number of likely N-dealkylation sites (tertiary alicyclic amines) is 1. The molecule has 3 aliphatic rings. The molecule has 0 radical (unpaired) electrons. The second-order valence-electron chi connectivity index (χ2n) is 8.74. The van der Waals surface area contributed by atoms with Crippen LogP contribution in [0.4, 0.5) is 0 Å². The van der Waals surface area contributed by atoms with Gasteiger partial charge in [0.1, 0.15) is 16.5 Å². The first-order valence-electron chi connectivity index (χ1n) is 11.3. The average Bonchev–Trinajstić information content (AvgIpc) is 3.53. The molecule has 2 aromatic rings. The summed E-state index contributed by atoms with van der Waals surface area (Å²) in [6.45, 7) is 4.12. The van der Waals surface area contributed by atoms with Crippen LogP contribution in [0.1, 0.15) is 79.0 Å². The van der Waals surface area contributed by atoms with Gasteiger partial charge >= 0.3 is 0 Å². The Morgan fingerprint density at radius 3 is 2.61 bits per heavy atom. The Morgan fingerprint density at radius 1 is 1.03 bits per heavy atom. The fraction of sp³-hybridized carbons (Fsp3) is 0.667. The smallest absolute Gasteiger partial charge is 0.290 e. The van der Waals surface area contributed by atoms with Gasteiger partial charge in [-0.3, -0.25) is 4.79 Å². The van der Waals surface area contributed by atoms with Crippen LogP contribution in [0.2, 0.25) is 0 Å². The van der Waals surface area contributed by atoms with Gasteiger partial charge in [-0.1, -0.05) is 6.42 Å². The van der Waals surface area contributed by atoms with Crippen molar-refractivity contribution in [2.75, 3.05) is 19.6 Å². The van der Waals surface area contributed by atoms with E-state index in [-0.39, 0.29) is 28.4 Å². The number of sulfonamides is 1. The molecule has 0 aromatic carbocycles. The van der Waals surface area contributed by atoms with Gasteiger partial charge in [0.15, 0.2) is 11.6 Å². The van der Waals surface area contributed by atoms with Gasteiger partial charge < -0.3 is 13.9 Å². The lowest BCUT2D eigenvalue weighted by Crippen LogP contribution is -2.32. The monoisotopic (exact) mass is 447 g/mol. The van der Waals surface area contributed by atoms with Crippen LogP contribution >= 0.6 is 0 Å². The van der Waals surface area contributed by atoms with Crippen LogP contribution < -0.4 is 0 Å². The predicted molar refractivity (Wildman–Crippen MR) is 112 cm³/mol. The van der Waals surface area contributed by atoms with Crippen LogP contribution in [-0.4, -0.2) is 57.9 Å². The molecule has 3 aliphatic heterocycles. The molecule has 168 valence electrons. The molecule has 2 fully saturated rings. The molecule has 0 aliphatic carbocycles. The maximum absolute atomic E-state index is 13.4. The van der Waals surface area contributed by atoms with Crippen molar-refractivity contribution in [3.05, 3.63) is 29.2 Å². The molecule has 31 heavy (non-hydrogen) atoms. The van der Waals surface area contributed by atoms with E-state index in [1.54, 1.807) is 11.8 Å². The number of aryl methyl sites for hydroxylation is 2. The largest absolute Gasteiger partial charge is 0.455 e. The van der Waals surface area contributed by atoms with Crippen molar-refractivity contribution in [3.8, 4) is 0 Å². The SMILES string of the molecule is Cc1oc(C(=O)N2CCCC2c2nnc3n2CCCCC3)cc1S(=O)(=O)N1CCCC1. The molecule has 5 heterocycles. The number of amides is 1. The fourth-order valence-electron chi connectivity index (χ4n) is 5.07. The van der Waals surface area contributed by atoms with E-state index >= 15 is 0 Å². The third-order valence-electron chi connectivity index (χ3n) is 6.72. The molecule has 2 aromatic heterocycles. The van der Waals surface area contributed by atoms with Crippen molar-refractivity contribution in [3.63, 3.8) is 0 Å². The van der Waals surface area contributed by atoms with Gasteiger partial charge in [-0.25, -0.2) is 8.42 Å². The summed E-state index contributed by atoms with van der Waals surface area (Å²) in [7, 11) is -3.64. The lowest BCUT2D eigenvalue weighted by Gasteiger charge is -2.23. The Bertz CT molecular complexity index is 1080. The number of furan rings is 1. The van der Waals surface area contributed by atoms with Crippen LogP contribution in [0, 0.1) is 6.92 Å². The van der Waals surface area contributed by atoms with Crippen LogP contribution in [0.3, 0.4) is 0 Å². The van der Waals surface area contributed by atoms with Crippen LogP contribution in [0.25, 0.3) is 0 Å². The zero-order valence-electron chi connectivity index (χ0n) is 17.9. The van der Waals surface area contributed by atoms with Crippen molar-refractivity contribution in [1.82, 2.24) is 24.0 Å². The minimum absolute atomic E-state index is 0.0813. The quantitative estimate of drug-likeness (QED) is 0.714. The number of fused-ring (bicyclic) bond motifs is 1. The Balaban J connectivity index is 1.42. The number of hydrogen-bond acceptors (Lipinski definition) is 6. The number of hydrogen-bond donors (Lipinski definition) is 0. The normalized spacial score (nSPS) is 22.6. The van der Waals surface area contributed by atoms with Crippen molar-refractivity contribution < 1.29 is 17.6 Å². The summed E-state index contributed by atoms with van der Waals surface area (Å²) in [6.07, 6.45) is 7.72. The number of rotatable bonds is 4. The minimum atomic E-state index is -3.64. The van der Waals surface area contributed by atoms with E-state index in [1.165, 1.54) is 16.8 Å². The molecule has 1 atom stereocenters. The number of nitrogens with zero attached hydrogens (tertiary/aromatic N) is 5. The highest BCUT2D eigenvalue weighted by atomic mass is 32.2. The van der Waals surface area contributed by atoms with E-state index < -0.39 is 10.0 Å². The fourth-order valence-corrected chi connectivity index (χ4v) is 6.75. The molecule has 5 rings (SSSR count). The van der Waals surface area contributed by atoms with Gasteiger partial charge in [-0.05, 0) is 45.4 Å². The number of carbonyl (C=O) groups is 1. The molecular formula is C21H29N5O4S. The van der Waals surface area contributed by atoms with E-state index in [1.807, 2.05) is 0 Å². The van der Waals surface area contributed by atoms with Gasteiger partial charge in [-0.2, -0.15) is 4.31 Å². The topological polar surface area (TPSA) is 102 Å². The van der Waals surface area contributed by atoms with E-state index in [2.05, 4.69) is 14.8 Å². The molecule has 0 bridgehead atoms. The third-order valence-corrected chi connectivity index (χ3v) is 8.72. The molecule has 0 N–H and O–H groups in total. The first-order valence-corrected chi connectivity index (χ1v) is 12.7. The van der Waals surface area contributed by atoms with Gasteiger partial charge in [0.2, 0.25) is 10.0 Å². The molecule has 1 amide bonds. The maximum atomic E-state index is 13.4. The van der Waals surface area contributed by atoms with Crippen molar-refractivity contribution in [1.29, 1.82) is 0 Å². The summed E-state index contributed by atoms with van der Waals surface area (Å²) in [6, 6.07) is 1.25. The standard InChI is InChI=1S/C21H29N5O4S/c1-15-18(31(28,29)24-10-5-6-11-24)14-17(30-15)21(27)25-13-7-8-16(25)20-23-22-19-9-3-2-4-12-26(19)20/h14,16H,2-13H2,1H3. The molecule has 1 unspecified atom stereocenters. The number of aromatic nitrogens is 3. The molecule has 2 saturated heterocycles. The zero-order chi connectivity index (χ0) is 21.6. The highest BCUT2D eigenvalue weighted by Crippen LogP contribution is 2.35. The lowest BCUT2D eigenvalue weighted by molar-refractivity contribution is 0.0693. The average molecular weight is 448 g/mol. The van der Waals surface area contributed by atoms with E-state index in [9.17, 15) is 13.2 Å². The molecule has 0 spiro atoms. The highest BCUT2D eigenvalue weighted by molar-refractivity contribution is 7.89. The minimum Gasteiger partial charge on any atom is -0.455 e. The zero-order valence-corrected chi connectivity index (χ0v) is 18.7. The third kappa shape index (κ3) is 3.59. The highest BCUT2D eigenvalue weighted by Gasteiger charge is 2.38. The van der Waals surface area contributed by atoms with Crippen molar-refractivity contribution in [2.24, 2.45) is 0 Å². The molecule has 0 saturated carbocycles. The van der Waals surface area contributed by atoms with Crippen molar-refractivity contribution >= 4 is 15.9 Å². The van der Waals surface area contributed by atoms with Crippen LogP contribution in [0.15, 0.2) is 15.4 Å². The summed E-state index contributed by atoms with van der Waals surface area (Å²) in [5.74, 6) is 1.91. The van der Waals surface area contributed by atoms with E-state index in [4.69, 9.17) is 4.42 Å².